The van der Waals surface area contributed by atoms with E-state index in [1.54, 1.807) is 18.5 Å². The van der Waals surface area contributed by atoms with Gasteiger partial charge in [-0.1, -0.05) is 6.08 Å². The van der Waals surface area contributed by atoms with Crippen LogP contribution in [-0.2, 0) is 0 Å². The molecule has 0 radical (unpaired) electrons. The summed E-state index contributed by atoms with van der Waals surface area (Å²) in [7, 11) is 0. The first-order valence-electron chi connectivity index (χ1n) is 3.37. The number of nitrogens with zero attached hydrogens (tertiary/aromatic N) is 2. The van der Waals surface area contributed by atoms with Crippen molar-refractivity contribution in [2.75, 3.05) is 0 Å². The Morgan fingerprint density at radius 1 is 1.18 bits per heavy atom. The summed E-state index contributed by atoms with van der Waals surface area (Å²) in [6.45, 7) is 0. The van der Waals surface area contributed by atoms with Gasteiger partial charge in [-0.05, 0) is 18.2 Å². The van der Waals surface area contributed by atoms with Crippen molar-refractivity contribution >= 4 is 5.57 Å². The molecule has 0 aromatic carbocycles. The van der Waals surface area contributed by atoms with Gasteiger partial charge in [0, 0.05) is 12.4 Å². The fourth-order valence-corrected chi connectivity index (χ4v) is 0.908. The van der Waals surface area contributed by atoms with E-state index in [1.807, 2.05) is 18.2 Å². The van der Waals surface area contributed by atoms with E-state index in [2.05, 4.69) is 15.7 Å². The third-order valence-electron chi connectivity index (χ3n) is 1.40. The van der Waals surface area contributed by atoms with Gasteiger partial charge < -0.3 is 0 Å². The molecule has 0 saturated carbocycles. The monoisotopic (exact) mass is 142 g/mol. The highest BCUT2D eigenvalue weighted by atomic mass is 14.8. The fourth-order valence-electron chi connectivity index (χ4n) is 0.908. The van der Waals surface area contributed by atoms with Gasteiger partial charge in [0.05, 0.1) is 5.57 Å². The molecule has 0 amide bonds. The Hall–Kier alpha value is -1.66. The van der Waals surface area contributed by atoms with Crippen LogP contribution in [0.4, 0.5) is 0 Å². The maximum absolute atomic E-state index is 4.08. The lowest BCUT2D eigenvalue weighted by Gasteiger charge is -1.92. The van der Waals surface area contributed by atoms with Crippen LogP contribution in [0, 0.1) is 0 Å². The van der Waals surface area contributed by atoms with Gasteiger partial charge in [-0.25, -0.2) is 9.97 Å². The Balaban J connectivity index is 2.46. The summed E-state index contributed by atoms with van der Waals surface area (Å²) in [5.41, 5.74) is 3.98. The molecule has 0 atom stereocenters. The average Bonchev–Trinajstić information content (AvgIpc) is 2.58. The molecular formula is C9H6N2. The number of hydrogen-bond donors (Lipinski definition) is 0. The van der Waals surface area contributed by atoms with Crippen molar-refractivity contribution in [1.82, 2.24) is 9.97 Å². The van der Waals surface area contributed by atoms with Crippen molar-refractivity contribution in [3.8, 4) is 0 Å². The van der Waals surface area contributed by atoms with E-state index < -0.39 is 0 Å². The minimum absolute atomic E-state index is 0.734. The van der Waals surface area contributed by atoms with Crippen LogP contribution in [-0.4, -0.2) is 9.97 Å². The second-order valence-electron chi connectivity index (χ2n) is 2.16. The van der Waals surface area contributed by atoms with Crippen LogP contribution in [0.5, 0.6) is 0 Å². The Labute approximate surface area is 64.6 Å². The zero-order chi connectivity index (χ0) is 7.52. The molecule has 0 spiro atoms. The van der Waals surface area contributed by atoms with Crippen molar-refractivity contribution in [1.29, 1.82) is 0 Å². The van der Waals surface area contributed by atoms with Crippen molar-refractivity contribution in [3.05, 3.63) is 48.2 Å². The first-order chi connectivity index (χ1) is 5.47. The molecule has 1 aromatic rings. The van der Waals surface area contributed by atoms with E-state index in [9.17, 15) is 0 Å². The van der Waals surface area contributed by atoms with Crippen LogP contribution in [0.1, 0.15) is 5.82 Å². The summed E-state index contributed by atoms with van der Waals surface area (Å²) in [6.07, 6.45) is 9.17. The second-order valence-corrected chi connectivity index (χ2v) is 2.16. The highest BCUT2D eigenvalue weighted by Crippen LogP contribution is 2.11. The molecule has 1 aromatic heterocycles. The van der Waals surface area contributed by atoms with Crippen molar-refractivity contribution < 1.29 is 0 Å². The van der Waals surface area contributed by atoms with E-state index in [0.29, 0.717) is 0 Å². The first kappa shape index (κ1) is 6.08. The number of rotatable bonds is 1. The molecule has 0 N–H and O–H groups in total. The van der Waals surface area contributed by atoms with Crippen LogP contribution in [0.15, 0.2) is 42.4 Å². The molecule has 1 aliphatic rings. The zero-order valence-electron chi connectivity index (χ0n) is 5.86. The molecule has 1 heterocycles. The minimum Gasteiger partial charge on any atom is -0.236 e. The van der Waals surface area contributed by atoms with Gasteiger partial charge in [0.1, 0.15) is 0 Å². The van der Waals surface area contributed by atoms with Gasteiger partial charge in [-0.3, -0.25) is 0 Å². The normalized spacial score (nSPS) is 13.6. The summed E-state index contributed by atoms with van der Waals surface area (Å²) in [4.78, 5) is 8.16. The lowest BCUT2D eigenvalue weighted by molar-refractivity contribution is 1.12. The van der Waals surface area contributed by atoms with Crippen LogP contribution < -0.4 is 0 Å². The molecule has 0 unspecified atom stereocenters. The molecule has 2 heteroatoms. The third kappa shape index (κ3) is 1.11. The quantitative estimate of drug-likeness (QED) is 0.556. The number of aromatic nitrogens is 2. The van der Waals surface area contributed by atoms with Gasteiger partial charge >= 0.3 is 0 Å². The molecule has 52 valence electrons. The van der Waals surface area contributed by atoms with Crippen LogP contribution >= 0.6 is 0 Å². The van der Waals surface area contributed by atoms with E-state index in [4.69, 9.17) is 0 Å². The maximum atomic E-state index is 4.08. The Kier molecular flexibility index (Phi) is 1.39. The molecule has 1 aliphatic carbocycles. The Morgan fingerprint density at radius 2 is 2.00 bits per heavy atom. The SMILES string of the molecule is C1=CC=CC=1c1ncccn1. The van der Waals surface area contributed by atoms with Gasteiger partial charge in [0.2, 0.25) is 0 Å². The second kappa shape index (κ2) is 2.52. The van der Waals surface area contributed by atoms with Gasteiger partial charge in [0.25, 0.3) is 0 Å². The minimum atomic E-state index is 0.734. The highest BCUT2D eigenvalue weighted by Gasteiger charge is 1.99. The molecule has 0 saturated heterocycles. The maximum Gasteiger partial charge on any atom is 0.167 e. The average molecular weight is 142 g/mol. The molecule has 2 nitrogen and oxygen atoms in total. The highest BCUT2D eigenvalue weighted by molar-refractivity contribution is 5.71. The van der Waals surface area contributed by atoms with Gasteiger partial charge in [0.15, 0.2) is 5.82 Å². The van der Waals surface area contributed by atoms with Gasteiger partial charge in [-0.2, -0.15) is 0 Å². The van der Waals surface area contributed by atoms with Crippen LogP contribution in [0.25, 0.3) is 5.57 Å². The van der Waals surface area contributed by atoms with E-state index in [1.165, 1.54) is 0 Å². The van der Waals surface area contributed by atoms with Crippen LogP contribution in [0.3, 0.4) is 0 Å². The van der Waals surface area contributed by atoms with Crippen molar-refractivity contribution in [3.63, 3.8) is 0 Å². The predicted molar refractivity (Wildman–Crippen MR) is 42.7 cm³/mol. The zero-order valence-corrected chi connectivity index (χ0v) is 5.86. The topological polar surface area (TPSA) is 25.8 Å². The summed E-state index contributed by atoms with van der Waals surface area (Å²) in [5, 5.41) is 0. The molecular weight excluding hydrogens is 136 g/mol. The Bertz CT molecular complexity index is 343. The van der Waals surface area contributed by atoms with Gasteiger partial charge in [-0.15, -0.1) is 5.73 Å². The van der Waals surface area contributed by atoms with Crippen molar-refractivity contribution in [2.24, 2.45) is 0 Å². The lowest BCUT2D eigenvalue weighted by atomic mass is 10.3. The molecule has 11 heavy (non-hydrogen) atoms. The Morgan fingerprint density at radius 3 is 2.64 bits per heavy atom. The molecule has 0 fully saturated rings. The summed E-state index contributed by atoms with van der Waals surface area (Å²) >= 11 is 0. The number of hydrogen-bond acceptors (Lipinski definition) is 2. The lowest BCUT2D eigenvalue weighted by Crippen LogP contribution is -1.87. The van der Waals surface area contributed by atoms with E-state index >= 15 is 0 Å². The van der Waals surface area contributed by atoms with E-state index in [0.717, 1.165) is 11.4 Å². The van der Waals surface area contributed by atoms with E-state index in [-0.39, 0.29) is 0 Å². The molecule has 2 rings (SSSR count). The first-order valence-corrected chi connectivity index (χ1v) is 3.37. The van der Waals surface area contributed by atoms with Crippen molar-refractivity contribution in [2.45, 2.75) is 0 Å². The van der Waals surface area contributed by atoms with Crippen LogP contribution in [0.2, 0.25) is 0 Å². The largest absolute Gasteiger partial charge is 0.236 e. The summed E-state index contributed by atoms with van der Waals surface area (Å²) < 4.78 is 0. The predicted octanol–water partition coefficient (Wildman–Crippen LogP) is 1.58. The summed E-state index contributed by atoms with van der Waals surface area (Å²) in [5.74, 6) is 0.734. The fraction of sp³-hybridized carbons (Fsp3) is 0. The molecule has 0 aliphatic heterocycles. The number of allylic oxidation sites excluding steroid dienone is 3. The smallest absolute Gasteiger partial charge is 0.167 e. The third-order valence-corrected chi connectivity index (χ3v) is 1.40. The molecule has 0 bridgehead atoms. The summed E-state index contributed by atoms with van der Waals surface area (Å²) in [6, 6.07) is 1.80. The standard InChI is InChI=1S/C9H6N2/c1-2-5-8(4-1)9-10-6-3-7-11-9/h1-4,6-7H.